The first kappa shape index (κ1) is 35.6. The maximum absolute atomic E-state index is 6.56. The van der Waals surface area contributed by atoms with Gasteiger partial charge in [0, 0.05) is 27.7 Å². The minimum Gasteiger partial charge on any atom is -0.456 e. The van der Waals surface area contributed by atoms with Crippen molar-refractivity contribution in [2.45, 2.75) is 47.5 Å². The molecule has 0 unspecified atom stereocenters. The lowest BCUT2D eigenvalue weighted by molar-refractivity contribution is 0.669. The first-order valence-electron chi connectivity index (χ1n) is 19.5. The van der Waals surface area contributed by atoms with Gasteiger partial charge in [-0.2, -0.15) is 0 Å². The van der Waals surface area contributed by atoms with Gasteiger partial charge in [-0.25, -0.2) is 0 Å². The molecule has 0 bridgehead atoms. The lowest BCUT2D eigenvalue weighted by Crippen LogP contribution is -2.12. The highest BCUT2D eigenvalue weighted by Crippen LogP contribution is 2.46. The number of nitrogens with zero attached hydrogens (tertiary/aromatic N) is 1. The van der Waals surface area contributed by atoms with E-state index in [1.807, 2.05) is 0 Å². The standard InChI is InChI=1S/C53H47NO/c1-6-8-19-39(16-7-2)42-28-32-48-49-35-44(31-33-51(49)55-52(48)34-42)54(43-29-26-41(27-30-43)40-20-10-9-11-21-40)50-25-14-18-37(4)53(50)47-24-15-23-46(38(47)5)45-22-13-12-17-36(45)3/h7,9-35H,6,8H2,1-5H3/b16-7-,39-19+. The van der Waals surface area contributed by atoms with Gasteiger partial charge in [0.2, 0.25) is 0 Å². The molecule has 1 heterocycles. The summed E-state index contributed by atoms with van der Waals surface area (Å²) < 4.78 is 6.56. The summed E-state index contributed by atoms with van der Waals surface area (Å²) in [7, 11) is 0. The summed E-state index contributed by atoms with van der Waals surface area (Å²) in [5.74, 6) is 0. The normalized spacial score (nSPS) is 11.9. The molecule has 2 nitrogen and oxygen atoms in total. The van der Waals surface area contributed by atoms with E-state index in [1.165, 1.54) is 61.2 Å². The second-order valence-corrected chi connectivity index (χ2v) is 14.5. The van der Waals surface area contributed by atoms with Gasteiger partial charge in [-0.3, -0.25) is 0 Å². The highest BCUT2D eigenvalue weighted by atomic mass is 16.3. The molecule has 8 rings (SSSR count). The second kappa shape index (κ2) is 15.5. The van der Waals surface area contributed by atoms with Crippen LogP contribution in [0.5, 0.6) is 0 Å². The molecule has 0 amide bonds. The van der Waals surface area contributed by atoms with Crippen LogP contribution in [0.2, 0.25) is 0 Å². The molecule has 0 saturated carbocycles. The fourth-order valence-corrected chi connectivity index (χ4v) is 7.97. The van der Waals surface area contributed by atoms with Crippen molar-refractivity contribution in [2.24, 2.45) is 0 Å². The predicted molar refractivity (Wildman–Crippen MR) is 237 cm³/mol. The van der Waals surface area contributed by atoms with Gasteiger partial charge < -0.3 is 9.32 Å². The van der Waals surface area contributed by atoms with Crippen LogP contribution in [0.4, 0.5) is 17.1 Å². The van der Waals surface area contributed by atoms with Gasteiger partial charge in [-0.1, -0.05) is 135 Å². The summed E-state index contributed by atoms with van der Waals surface area (Å²) in [5.41, 5.74) is 18.6. The monoisotopic (exact) mass is 713 g/mol. The number of allylic oxidation sites excluding steroid dienone is 4. The van der Waals surface area contributed by atoms with Gasteiger partial charge in [0.05, 0.1) is 5.69 Å². The van der Waals surface area contributed by atoms with Gasteiger partial charge >= 0.3 is 0 Å². The molecule has 2 heteroatoms. The number of hydrogen-bond acceptors (Lipinski definition) is 2. The SMILES string of the molecule is C/C=C\C(=C/CCC)c1ccc2c(c1)oc1ccc(N(c3ccc(-c4ccccc4)cc3)c3cccc(C)c3-c3cccc(-c4ccccc4C)c3C)cc12. The molecule has 0 saturated heterocycles. The van der Waals surface area contributed by atoms with Crippen molar-refractivity contribution in [1.82, 2.24) is 0 Å². The highest BCUT2D eigenvalue weighted by molar-refractivity contribution is 6.08. The van der Waals surface area contributed by atoms with Crippen LogP contribution >= 0.6 is 0 Å². The summed E-state index contributed by atoms with van der Waals surface area (Å²) in [6.07, 6.45) is 8.78. The van der Waals surface area contributed by atoms with Crippen LogP contribution in [0.1, 0.15) is 48.9 Å². The summed E-state index contributed by atoms with van der Waals surface area (Å²) >= 11 is 0. The molecule has 0 fully saturated rings. The van der Waals surface area contributed by atoms with Crippen molar-refractivity contribution in [3.8, 4) is 33.4 Å². The molecule has 0 radical (unpaired) electrons. The molecule has 1 aromatic heterocycles. The Labute approximate surface area is 325 Å². The Bertz CT molecular complexity index is 2690. The van der Waals surface area contributed by atoms with Crippen molar-refractivity contribution in [3.63, 3.8) is 0 Å². The molecule has 8 aromatic rings. The maximum Gasteiger partial charge on any atom is 0.136 e. The zero-order valence-electron chi connectivity index (χ0n) is 32.4. The molecular weight excluding hydrogens is 667 g/mol. The van der Waals surface area contributed by atoms with Crippen LogP contribution in [0.15, 0.2) is 174 Å². The molecular formula is C53H47NO. The van der Waals surface area contributed by atoms with Crippen molar-refractivity contribution >= 4 is 44.6 Å². The van der Waals surface area contributed by atoms with E-state index in [0.29, 0.717) is 0 Å². The van der Waals surface area contributed by atoms with Crippen LogP contribution in [0.3, 0.4) is 0 Å². The smallest absolute Gasteiger partial charge is 0.136 e. The van der Waals surface area contributed by atoms with Gasteiger partial charge in [0.15, 0.2) is 0 Å². The maximum atomic E-state index is 6.56. The lowest BCUT2D eigenvalue weighted by atomic mass is 9.88. The largest absolute Gasteiger partial charge is 0.456 e. The zero-order valence-corrected chi connectivity index (χ0v) is 32.4. The van der Waals surface area contributed by atoms with E-state index in [-0.39, 0.29) is 0 Å². The zero-order chi connectivity index (χ0) is 37.9. The van der Waals surface area contributed by atoms with E-state index in [9.17, 15) is 0 Å². The fourth-order valence-electron chi connectivity index (χ4n) is 7.97. The second-order valence-electron chi connectivity index (χ2n) is 14.5. The third-order valence-electron chi connectivity index (χ3n) is 10.8. The van der Waals surface area contributed by atoms with Crippen molar-refractivity contribution in [2.75, 3.05) is 4.90 Å². The fraction of sp³-hybridized carbons (Fsp3) is 0.132. The first-order valence-corrected chi connectivity index (χ1v) is 19.5. The van der Waals surface area contributed by atoms with E-state index < -0.39 is 0 Å². The van der Waals surface area contributed by atoms with Crippen LogP contribution in [0, 0.1) is 20.8 Å². The number of fused-ring (bicyclic) bond motifs is 3. The van der Waals surface area contributed by atoms with Crippen LogP contribution in [-0.4, -0.2) is 0 Å². The molecule has 0 aliphatic heterocycles. The van der Waals surface area contributed by atoms with Gasteiger partial charge in [0.25, 0.3) is 0 Å². The summed E-state index contributed by atoms with van der Waals surface area (Å²) in [6, 6.07) is 54.9. The Balaban J connectivity index is 1.32. The molecule has 55 heavy (non-hydrogen) atoms. The quantitative estimate of drug-likeness (QED) is 0.131. The summed E-state index contributed by atoms with van der Waals surface area (Å²) in [4.78, 5) is 2.42. The average Bonchev–Trinajstić information content (AvgIpc) is 3.58. The van der Waals surface area contributed by atoms with E-state index in [1.54, 1.807) is 0 Å². The third-order valence-corrected chi connectivity index (χ3v) is 10.8. The van der Waals surface area contributed by atoms with E-state index in [2.05, 4.69) is 209 Å². The Kier molecular flexibility index (Phi) is 10.1. The van der Waals surface area contributed by atoms with Crippen LogP contribution < -0.4 is 4.90 Å². The predicted octanol–water partition coefficient (Wildman–Crippen LogP) is 15.7. The van der Waals surface area contributed by atoms with E-state index >= 15 is 0 Å². The molecule has 270 valence electrons. The van der Waals surface area contributed by atoms with Gasteiger partial charge in [-0.05, 0) is 138 Å². The molecule has 0 aliphatic carbocycles. The summed E-state index contributed by atoms with van der Waals surface area (Å²) in [5, 5.41) is 2.21. The number of benzene rings is 7. The minimum atomic E-state index is 0.881. The Hall–Kier alpha value is -6.38. The number of hydrogen-bond donors (Lipinski definition) is 0. The molecule has 0 atom stereocenters. The molecule has 0 N–H and O–H groups in total. The first-order chi connectivity index (χ1) is 26.9. The number of rotatable bonds is 10. The topological polar surface area (TPSA) is 16.4 Å². The van der Waals surface area contributed by atoms with Crippen LogP contribution in [-0.2, 0) is 0 Å². The Morgan fingerprint density at radius 1 is 0.582 bits per heavy atom. The molecule has 0 spiro atoms. The van der Waals surface area contributed by atoms with Gasteiger partial charge in [-0.15, -0.1) is 0 Å². The summed E-state index contributed by atoms with van der Waals surface area (Å²) in [6.45, 7) is 11.0. The van der Waals surface area contributed by atoms with Crippen LogP contribution in [0.25, 0.3) is 60.9 Å². The van der Waals surface area contributed by atoms with Crippen molar-refractivity contribution < 1.29 is 4.42 Å². The average molecular weight is 714 g/mol. The Morgan fingerprint density at radius 3 is 2.05 bits per heavy atom. The third kappa shape index (κ3) is 6.93. The minimum absolute atomic E-state index is 0.881. The van der Waals surface area contributed by atoms with Gasteiger partial charge in [0.1, 0.15) is 11.2 Å². The molecule has 7 aromatic carbocycles. The number of anilines is 3. The Morgan fingerprint density at radius 2 is 1.27 bits per heavy atom. The number of furan rings is 1. The number of aryl methyl sites for hydroxylation is 2. The van der Waals surface area contributed by atoms with Crippen molar-refractivity contribution in [1.29, 1.82) is 0 Å². The molecule has 0 aliphatic rings. The van der Waals surface area contributed by atoms with E-state index in [0.717, 1.165) is 51.8 Å². The highest BCUT2D eigenvalue weighted by Gasteiger charge is 2.22. The lowest BCUT2D eigenvalue weighted by Gasteiger charge is -2.29. The van der Waals surface area contributed by atoms with Crippen molar-refractivity contribution in [3.05, 3.63) is 192 Å². The van der Waals surface area contributed by atoms with E-state index in [4.69, 9.17) is 4.42 Å². The number of unbranched alkanes of at least 4 members (excludes halogenated alkanes) is 1.